The molecule has 0 amide bonds. The fourth-order valence-corrected chi connectivity index (χ4v) is 3.02. The van der Waals surface area contributed by atoms with Crippen molar-refractivity contribution >= 4 is 17.6 Å². The summed E-state index contributed by atoms with van der Waals surface area (Å²) in [6, 6.07) is 18.0. The molecule has 116 valence electrons. The van der Waals surface area contributed by atoms with Crippen LogP contribution in [-0.2, 0) is 0 Å². The van der Waals surface area contributed by atoms with Gasteiger partial charge in [0.25, 0.3) is 0 Å². The van der Waals surface area contributed by atoms with Gasteiger partial charge in [0.2, 0.25) is 4.80 Å². The molecule has 4 nitrogen and oxygen atoms in total. The van der Waals surface area contributed by atoms with E-state index in [0.29, 0.717) is 0 Å². The Bertz CT molecular complexity index is 879. The third kappa shape index (κ3) is 3.40. The molecule has 0 atom stereocenters. The van der Waals surface area contributed by atoms with Crippen LogP contribution >= 0.6 is 11.3 Å². The zero-order valence-electron chi connectivity index (χ0n) is 13.0. The molecule has 0 saturated heterocycles. The third-order valence-corrected chi connectivity index (χ3v) is 4.27. The first kappa shape index (κ1) is 15.2. The Labute approximate surface area is 139 Å². The molecule has 3 aromatic rings. The Morgan fingerprint density at radius 1 is 1.09 bits per heavy atom. The van der Waals surface area contributed by atoms with Gasteiger partial charge in [0.15, 0.2) is 0 Å². The van der Waals surface area contributed by atoms with Crippen LogP contribution in [0.2, 0.25) is 0 Å². The van der Waals surface area contributed by atoms with Crippen molar-refractivity contribution in [2.75, 3.05) is 14.2 Å². The van der Waals surface area contributed by atoms with E-state index in [-0.39, 0.29) is 0 Å². The van der Waals surface area contributed by atoms with Crippen molar-refractivity contribution in [2.24, 2.45) is 10.1 Å². The van der Waals surface area contributed by atoms with Gasteiger partial charge >= 0.3 is 0 Å². The number of ether oxygens (including phenoxy) is 1. The molecule has 3 rings (SSSR count). The lowest BCUT2D eigenvalue weighted by Gasteiger charge is -2.03. The molecule has 1 aromatic heterocycles. The van der Waals surface area contributed by atoms with E-state index < -0.39 is 0 Å². The Morgan fingerprint density at radius 2 is 1.91 bits per heavy atom. The SMILES string of the molecule is CN=c1scc(-c2ccccc2)n1/N=C\c1cccc(OC)c1. The second-order valence-corrected chi connectivity index (χ2v) is 5.66. The minimum Gasteiger partial charge on any atom is -0.497 e. The quantitative estimate of drug-likeness (QED) is 0.676. The van der Waals surface area contributed by atoms with Gasteiger partial charge in [-0.1, -0.05) is 42.5 Å². The summed E-state index contributed by atoms with van der Waals surface area (Å²) in [6.07, 6.45) is 1.82. The predicted octanol–water partition coefficient (Wildman–Crippen LogP) is 3.64. The smallest absolute Gasteiger partial charge is 0.205 e. The zero-order chi connectivity index (χ0) is 16.1. The van der Waals surface area contributed by atoms with Crippen LogP contribution in [0.5, 0.6) is 5.75 Å². The fraction of sp³-hybridized carbons (Fsp3) is 0.111. The van der Waals surface area contributed by atoms with Crippen LogP contribution < -0.4 is 9.54 Å². The van der Waals surface area contributed by atoms with Gasteiger partial charge < -0.3 is 4.74 Å². The maximum absolute atomic E-state index is 5.24. The highest BCUT2D eigenvalue weighted by Gasteiger charge is 2.06. The van der Waals surface area contributed by atoms with Crippen LogP contribution in [0, 0.1) is 0 Å². The summed E-state index contributed by atoms with van der Waals surface area (Å²) < 4.78 is 7.11. The molecule has 0 radical (unpaired) electrons. The van der Waals surface area contributed by atoms with Gasteiger partial charge in [0.05, 0.1) is 19.0 Å². The number of benzene rings is 2. The molecule has 0 bridgehead atoms. The monoisotopic (exact) mass is 323 g/mol. The van der Waals surface area contributed by atoms with Crippen LogP contribution in [0.1, 0.15) is 5.56 Å². The Morgan fingerprint density at radius 3 is 2.65 bits per heavy atom. The summed E-state index contributed by atoms with van der Waals surface area (Å²) in [5, 5.41) is 6.68. The average molecular weight is 323 g/mol. The summed E-state index contributed by atoms with van der Waals surface area (Å²) in [6.45, 7) is 0. The van der Waals surface area contributed by atoms with Crippen molar-refractivity contribution in [1.29, 1.82) is 0 Å². The summed E-state index contributed by atoms with van der Waals surface area (Å²) in [5.41, 5.74) is 3.11. The van der Waals surface area contributed by atoms with Crippen molar-refractivity contribution in [3.05, 3.63) is 70.3 Å². The van der Waals surface area contributed by atoms with Crippen LogP contribution in [0.25, 0.3) is 11.3 Å². The highest BCUT2D eigenvalue weighted by Crippen LogP contribution is 2.19. The number of thiazole rings is 1. The van der Waals surface area contributed by atoms with Gasteiger partial charge in [-0.2, -0.15) is 5.10 Å². The molecule has 0 fully saturated rings. The van der Waals surface area contributed by atoms with Crippen LogP contribution in [-0.4, -0.2) is 25.0 Å². The van der Waals surface area contributed by atoms with E-state index in [1.54, 1.807) is 25.5 Å². The third-order valence-electron chi connectivity index (χ3n) is 3.36. The summed E-state index contributed by atoms with van der Waals surface area (Å²) in [5.74, 6) is 0.813. The minimum absolute atomic E-state index is 0.813. The van der Waals surface area contributed by atoms with Crippen molar-refractivity contribution in [3.63, 3.8) is 0 Å². The molecule has 0 aliphatic carbocycles. The lowest BCUT2D eigenvalue weighted by molar-refractivity contribution is 0.415. The Kier molecular flexibility index (Phi) is 4.68. The molecule has 0 saturated carbocycles. The molecule has 0 aliphatic heterocycles. The van der Waals surface area contributed by atoms with E-state index in [0.717, 1.165) is 27.4 Å². The molecule has 0 unspecified atom stereocenters. The molecule has 23 heavy (non-hydrogen) atoms. The number of nitrogens with zero attached hydrogens (tertiary/aromatic N) is 3. The highest BCUT2D eigenvalue weighted by molar-refractivity contribution is 7.07. The average Bonchev–Trinajstić information content (AvgIpc) is 3.04. The molecular weight excluding hydrogens is 306 g/mol. The van der Waals surface area contributed by atoms with Crippen LogP contribution in [0.4, 0.5) is 0 Å². The molecule has 0 N–H and O–H groups in total. The van der Waals surface area contributed by atoms with E-state index in [4.69, 9.17) is 4.74 Å². The van der Waals surface area contributed by atoms with Gasteiger partial charge in [0, 0.05) is 18.0 Å². The topological polar surface area (TPSA) is 38.9 Å². The summed E-state index contributed by atoms with van der Waals surface area (Å²) >= 11 is 1.57. The highest BCUT2D eigenvalue weighted by atomic mass is 32.1. The lowest BCUT2D eigenvalue weighted by atomic mass is 10.2. The van der Waals surface area contributed by atoms with Crippen molar-refractivity contribution in [2.45, 2.75) is 0 Å². The van der Waals surface area contributed by atoms with Gasteiger partial charge in [-0.15, -0.1) is 11.3 Å². The first-order valence-corrected chi connectivity index (χ1v) is 8.07. The fourth-order valence-electron chi connectivity index (χ4n) is 2.22. The standard InChI is InChI=1S/C18H17N3OS/c1-19-18-21(17(13-23-18)15-8-4-3-5-9-15)20-12-14-7-6-10-16(11-14)22-2/h3-13H,1-2H3/b19-18?,20-12-. The van der Waals surface area contributed by atoms with Gasteiger partial charge in [0.1, 0.15) is 5.75 Å². The van der Waals surface area contributed by atoms with Gasteiger partial charge in [-0.25, -0.2) is 4.68 Å². The Hall–Kier alpha value is -2.66. The maximum Gasteiger partial charge on any atom is 0.205 e. The predicted molar refractivity (Wildman–Crippen MR) is 95.2 cm³/mol. The second kappa shape index (κ2) is 7.07. The number of methoxy groups -OCH3 is 1. The van der Waals surface area contributed by atoms with Gasteiger partial charge in [-0.3, -0.25) is 4.99 Å². The maximum atomic E-state index is 5.24. The van der Waals surface area contributed by atoms with Crippen LogP contribution in [0.15, 0.2) is 70.1 Å². The van der Waals surface area contributed by atoms with Gasteiger partial charge in [-0.05, 0) is 17.7 Å². The largest absolute Gasteiger partial charge is 0.497 e. The van der Waals surface area contributed by atoms with E-state index in [2.05, 4.69) is 27.6 Å². The molecule has 0 spiro atoms. The number of aromatic nitrogens is 1. The van der Waals surface area contributed by atoms with Crippen molar-refractivity contribution in [3.8, 4) is 17.0 Å². The second-order valence-electron chi connectivity index (χ2n) is 4.83. The molecular formula is C18H17N3OS. The Balaban J connectivity index is 2.02. The van der Waals surface area contributed by atoms with Crippen molar-refractivity contribution in [1.82, 2.24) is 4.68 Å². The first-order chi connectivity index (χ1) is 11.3. The lowest BCUT2D eigenvalue weighted by Crippen LogP contribution is -2.11. The zero-order valence-corrected chi connectivity index (χ0v) is 13.8. The molecule has 1 heterocycles. The molecule has 5 heteroatoms. The summed E-state index contributed by atoms with van der Waals surface area (Å²) in [7, 11) is 3.43. The summed E-state index contributed by atoms with van der Waals surface area (Å²) in [4.78, 5) is 5.16. The number of hydrogen-bond acceptors (Lipinski definition) is 4. The van der Waals surface area contributed by atoms with E-state index in [9.17, 15) is 0 Å². The van der Waals surface area contributed by atoms with E-state index >= 15 is 0 Å². The van der Waals surface area contributed by atoms with Crippen molar-refractivity contribution < 1.29 is 4.74 Å². The molecule has 0 aliphatic rings. The first-order valence-electron chi connectivity index (χ1n) is 7.19. The number of rotatable bonds is 4. The minimum atomic E-state index is 0.813. The van der Waals surface area contributed by atoms with E-state index in [1.807, 2.05) is 53.4 Å². The molecule has 2 aromatic carbocycles. The van der Waals surface area contributed by atoms with Crippen LogP contribution in [0.3, 0.4) is 0 Å². The van der Waals surface area contributed by atoms with E-state index in [1.165, 1.54) is 0 Å². The number of hydrogen-bond donors (Lipinski definition) is 0. The normalized spacial score (nSPS) is 12.0.